The number of carbonyl (C=O) groups is 1. The molecule has 0 bridgehead atoms. The fraction of sp³-hybridized carbons (Fsp3) is 0. The second-order valence-electron chi connectivity index (χ2n) is 9.35. The second-order valence-corrected chi connectivity index (χ2v) is 9.35. The molecule has 0 unspecified atom stereocenters. The first-order valence-electron chi connectivity index (χ1n) is 12.9. The molecule has 0 atom stereocenters. The van der Waals surface area contributed by atoms with Crippen molar-refractivity contribution in [2.75, 3.05) is 5.32 Å². The Hall–Kier alpha value is -5.82. The molecule has 0 aliphatic rings. The van der Waals surface area contributed by atoms with E-state index in [1.54, 1.807) is 42.5 Å². The number of nitro benzene ring substituents is 1. The van der Waals surface area contributed by atoms with Gasteiger partial charge in [0.05, 0.1) is 16.1 Å². The number of non-ortho nitro benzene ring substituents is 1. The number of rotatable bonds is 7. The number of nitro groups is 1. The van der Waals surface area contributed by atoms with Gasteiger partial charge in [0.15, 0.2) is 0 Å². The van der Waals surface area contributed by atoms with E-state index >= 15 is 0 Å². The van der Waals surface area contributed by atoms with Crippen LogP contribution in [-0.4, -0.2) is 15.8 Å². The van der Waals surface area contributed by atoms with Gasteiger partial charge in [0, 0.05) is 34.3 Å². The fourth-order valence-electron chi connectivity index (χ4n) is 4.56. The highest BCUT2D eigenvalue weighted by Crippen LogP contribution is 2.33. The van der Waals surface area contributed by atoms with Gasteiger partial charge in [-0.2, -0.15) is 0 Å². The number of pyridine rings is 1. The Balaban J connectivity index is 1.31. The van der Waals surface area contributed by atoms with Gasteiger partial charge >= 0.3 is 0 Å². The zero-order valence-corrected chi connectivity index (χ0v) is 21.7. The maximum absolute atomic E-state index is 13.2. The largest absolute Gasteiger partial charge is 0.457 e. The Morgan fingerprint density at radius 1 is 0.707 bits per heavy atom. The van der Waals surface area contributed by atoms with Gasteiger partial charge in [-0.05, 0) is 83.9 Å². The molecule has 1 heterocycles. The minimum Gasteiger partial charge on any atom is -0.457 e. The molecule has 0 spiro atoms. The highest BCUT2D eigenvalue weighted by molar-refractivity contribution is 6.08. The molecule has 41 heavy (non-hydrogen) atoms. The van der Waals surface area contributed by atoms with Crippen molar-refractivity contribution in [1.82, 2.24) is 4.98 Å². The van der Waals surface area contributed by atoms with Crippen LogP contribution in [0.1, 0.15) is 10.4 Å². The molecular formula is C34H23N3O4. The number of anilines is 1. The van der Waals surface area contributed by atoms with Gasteiger partial charge in [-0.1, -0.05) is 48.5 Å². The molecule has 0 saturated carbocycles. The molecule has 0 aliphatic heterocycles. The molecule has 5 aromatic carbocycles. The molecule has 6 aromatic rings. The van der Waals surface area contributed by atoms with Gasteiger partial charge < -0.3 is 10.1 Å². The highest BCUT2D eigenvalue weighted by atomic mass is 16.6. The second kappa shape index (κ2) is 11.1. The number of hydrogen-bond donors (Lipinski definition) is 1. The van der Waals surface area contributed by atoms with Crippen molar-refractivity contribution < 1.29 is 14.5 Å². The van der Waals surface area contributed by atoms with Gasteiger partial charge in [0.2, 0.25) is 0 Å². The van der Waals surface area contributed by atoms with E-state index in [0.717, 1.165) is 27.8 Å². The Morgan fingerprint density at radius 2 is 1.37 bits per heavy atom. The Labute approximate surface area is 235 Å². The number of amides is 1. The van der Waals surface area contributed by atoms with E-state index in [0.29, 0.717) is 28.2 Å². The summed E-state index contributed by atoms with van der Waals surface area (Å²) in [4.78, 5) is 28.7. The van der Waals surface area contributed by atoms with Crippen molar-refractivity contribution in [3.8, 4) is 33.9 Å². The number of aromatic nitrogens is 1. The number of para-hydroxylation sites is 1. The van der Waals surface area contributed by atoms with E-state index in [1.165, 1.54) is 12.1 Å². The standard InChI is InChI=1S/C34H23N3O4/c38-34(35-26-14-18-29(19-15-26)41-28-9-5-2-6-10-28)25-13-20-32-31(21-25)30(23-7-3-1-4-8-23)22-33(36-32)24-11-16-27(17-12-24)37(39)40/h1-22H,(H,35,38). The monoisotopic (exact) mass is 537 g/mol. The smallest absolute Gasteiger partial charge is 0.269 e. The maximum Gasteiger partial charge on any atom is 0.269 e. The molecule has 7 heteroatoms. The third-order valence-electron chi connectivity index (χ3n) is 6.62. The first kappa shape index (κ1) is 25.5. The van der Waals surface area contributed by atoms with Crippen molar-refractivity contribution in [2.45, 2.75) is 0 Å². The highest BCUT2D eigenvalue weighted by Gasteiger charge is 2.14. The minimum absolute atomic E-state index is 0.0202. The van der Waals surface area contributed by atoms with Crippen LogP contribution in [0.2, 0.25) is 0 Å². The molecule has 198 valence electrons. The SMILES string of the molecule is O=C(Nc1ccc(Oc2ccccc2)cc1)c1ccc2nc(-c3ccc([N+](=O)[O-])cc3)cc(-c3ccccc3)c2c1. The van der Waals surface area contributed by atoms with Crippen molar-refractivity contribution in [3.63, 3.8) is 0 Å². The lowest BCUT2D eigenvalue weighted by Gasteiger charge is -2.12. The van der Waals surface area contributed by atoms with Gasteiger partial charge in [0.1, 0.15) is 11.5 Å². The summed E-state index contributed by atoms with van der Waals surface area (Å²) in [5, 5.41) is 14.9. The number of fused-ring (bicyclic) bond motifs is 1. The number of hydrogen-bond acceptors (Lipinski definition) is 5. The maximum atomic E-state index is 13.2. The minimum atomic E-state index is -0.424. The number of carbonyl (C=O) groups excluding carboxylic acids is 1. The van der Waals surface area contributed by atoms with Crippen LogP contribution in [-0.2, 0) is 0 Å². The van der Waals surface area contributed by atoms with Crippen LogP contribution in [0.4, 0.5) is 11.4 Å². The van der Waals surface area contributed by atoms with E-state index in [-0.39, 0.29) is 11.6 Å². The van der Waals surface area contributed by atoms with Crippen LogP contribution in [0.3, 0.4) is 0 Å². The third kappa shape index (κ3) is 5.65. The van der Waals surface area contributed by atoms with E-state index < -0.39 is 4.92 Å². The molecule has 0 saturated heterocycles. The summed E-state index contributed by atoms with van der Waals surface area (Å²) in [6.45, 7) is 0. The third-order valence-corrected chi connectivity index (χ3v) is 6.62. The van der Waals surface area contributed by atoms with E-state index in [2.05, 4.69) is 5.32 Å². The van der Waals surface area contributed by atoms with Crippen LogP contribution >= 0.6 is 0 Å². The zero-order chi connectivity index (χ0) is 28.2. The summed E-state index contributed by atoms with van der Waals surface area (Å²) in [5.74, 6) is 1.16. The summed E-state index contributed by atoms with van der Waals surface area (Å²) in [7, 11) is 0. The van der Waals surface area contributed by atoms with Crippen molar-refractivity contribution in [3.05, 3.63) is 149 Å². The Bertz CT molecular complexity index is 1860. The topological polar surface area (TPSA) is 94.4 Å². The number of benzene rings is 5. The summed E-state index contributed by atoms with van der Waals surface area (Å²) in [6, 6.07) is 40.2. The zero-order valence-electron chi connectivity index (χ0n) is 21.7. The van der Waals surface area contributed by atoms with Crippen LogP contribution < -0.4 is 10.1 Å². The summed E-state index contributed by atoms with van der Waals surface area (Å²) < 4.78 is 5.83. The molecule has 7 nitrogen and oxygen atoms in total. The molecule has 6 rings (SSSR count). The van der Waals surface area contributed by atoms with Gasteiger partial charge in [0.25, 0.3) is 11.6 Å². The molecular weight excluding hydrogens is 514 g/mol. The average Bonchev–Trinajstić information content (AvgIpc) is 3.02. The Kier molecular flexibility index (Phi) is 6.90. The summed E-state index contributed by atoms with van der Waals surface area (Å²) >= 11 is 0. The number of nitrogens with zero attached hydrogens (tertiary/aromatic N) is 2. The van der Waals surface area contributed by atoms with Gasteiger partial charge in [-0.15, -0.1) is 0 Å². The molecule has 0 radical (unpaired) electrons. The predicted molar refractivity (Wildman–Crippen MR) is 160 cm³/mol. The first-order chi connectivity index (χ1) is 20.0. The normalized spacial score (nSPS) is 10.7. The van der Waals surface area contributed by atoms with Crippen molar-refractivity contribution in [2.24, 2.45) is 0 Å². The van der Waals surface area contributed by atoms with Gasteiger partial charge in [-0.3, -0.25) is 14.9 Å². The van der Waals surface area contributed by atoms with Crippen molar-refractivity contribution in [1.29, 1.82) is 0 Å². The molecule has 1 N–H and O–H groups in total. The summed E-state index contributed by atoms with van der Waals surface area (Å²) in [5.41, 5.74) is 5.17. The summed E-state index contributed by atoms with van der Waals surface area (Å²) in [6.07, 6.45) is 0. The lowest BCUT2D eigenvalue weighted by Crippen LogP contribution is -2.11. The molecule has 1 amide bonds. The number of ether oxygens (including phenoxy) is 1. The van der Waals surface area contributed by atoms with Gasteiger partial charge in [-0.25, -0.2) is 4.98 Å². The van der Waals surface area contributed by atoms with E-state index in [1.807, 2.05) is 78.9 Å². The van der Waals surface area contributed by atoms with E-state index in [9.17, 15) is 14.9 Å². The molecule has 0 fully saturated rings. The quantitative estimate of drug-likeness (QED) is 0.163. The van der Waals surface area contributed by atoms with Crippen LogP contribution in [0.25, 0.3) is 33.3 Å². The van der Waals surface area contributed by atoms with Crippen molar-refractivity contribution >= 4 is 28.2 Å². The number of nitrogens with one attached hydrogen (secondary N) is 1. The predicted octanol–water partition coefficient (Wildman–Crippen LogP) is 8.52. The average molecular weight is 538 g/mol. The lowest BCUT2D eigenvalue weighted by atomic mass is 9.97. The Morgan fingerprint density at radius 3 is 2.05 bits per heavy atom. The van der Waals surface area contributed by atoms with Crippen LogP contribution in [0, 0.1) is 10.1 Å². The van der Waals surface area contributed by atoms with Crippen LogP contribution in [0.5, 0.6) is 11.5 Å². The fourth-order valence-corrected chi connectivity index (χ4v) is 4.56. The lowest BCUT2D eigenvalue weighted by molar-refractivity contribution is -0.384. The van der Waals surface area contributed by atoms with Crippen LogP contribution in [0.15, 0.2) is 133 Å². The first-order valence-corrected chi connectivity index (χ1v) is 12.9. The molecule has 0 aliphatic carbocycles. The molecule has 1 aromatic heterocycles. The van der Waals surface area contributed by atoms with E-state index in [4.69, 9.17) is 9.72 Å².